The van der Waals surface area contributed by atoms with E-state index in [0.29, 0.717) is 17.1 Å². The van der Waals surface area contributed by atoms with Crippen LogP contribution in [0.25, 0.3) is 0 Å². The van der Waals surface area contributed by atoms with Crippen LogP contribution in [0, 0.1) is 11.6 Å². The Morgan fingerprint density at radius 3 is 2.75 bits per heavy atom. The normalized spacial score (nSPS) is 21.9. The average Bonchev–Trinajstić information content (AvgIpc) is 2.60. The van der Waals surface area contributed by atoms with Crippen LogP contribution < -0.4 is 0 Å². The van der Waals surface area contributed by atoms with Crippen molar-refractivity contribution in [2.45, 2.75) is 32.4 Å². The van der Waals surface area contributed by atoms with E-state index < -0.39 is 11.6 Å². The third kappa shape index (κ3) is 3.57. The van der Waals surface area contributed by atoms with E-state index in [1.165, 1.54) is 12.1 Å². The van der Waals surface area contributed by atoms with Gasteiger partial charge in [-0.1, -0.05) is 6.92 Å². The fraction of sp³-hybridized carbons (Fsp3) is 0.600. The molecule has 1 aromatic rings. The van der Waals surface area contributed by atoms with Crippen LogP contribution in [0.4, 0.5) is 8.78 Å². The molecule has 1 aromatic carbocycles. The van der Waals surface area contributed by atoms with Crippen LogP contribution in [-0.2, 0) is 6.54 Å². The van der Waals surface area contributed by atoms with Crippen molar-refractivity contribution >= 4 is 15.9 Å². The van der Waals surface area contributed by atoms with E-state index >= 15 is 0 Å². The molecule has 1 heterocycles. The highest BCUT2D eigenvalue weighted by molar-refractivity contribution is 9.10. The lowest BCUT2D eigenvalue weighted by Gasteiger charge is -2.30. The predicted octanol–water partition coefficient (Wildman–Crippen LogP) is 3.64. The summed E-state index contributed by atoms with van der Waals surface area (Å²) in [7, 11) is 2.10. The first-order chi connectivity index (χ1) is 9.52. The van der Waals surface area contributed by atoms with Crippen molar-refractivity contribution in [2.24, 2.45) is 0 Å². The zero-order valence-corrected chi connectivity index (χ0v) is 13.6. The van der Waals surface area contributed by atoms with Gasteiger partial charge in [-0.2, -0.15) is 0 Å². The SMILES string of the molecule is CCC1CN(C)CCCN1Cc1c(F)ccc(Br)c1F. The average molecular weight is 347 g/mol. The molecule has 1 atom stereocenters. The zero-order chi connectivity index (χ0) is 14.7. The molecule has 0 aliphatic carbocycles. The van der Waals surface area contributed by atoms with Crippen molar-refractivity contribution in [3.05, 3.63) is 33.8 Å². The molecule has 0 aromatic heterocycles. The maximum Gasteiger partial charge on any atom is 0.144 e. The van der Waals surface area contributed by atoms with Crippen LogP contribution >= 0.6 is 15.9 Å². The lowest BCUT2D eigenvalue weighted by atomic mass is 10.1. The van der Waals surface area contributed by atoms with Gasteiger partial charge in [0.1, 0.15) is 11.6 Å². The van der Waals surface area contributed by atoms with Crippen molar-refractivity contribution in [2.75, 3.05) is 26.7 Å². The molecule has 5 heteroatoms. The topological polar surface area (TPSA) is 6.48 Å². The van der Waals surface area contributed by atoms with Gasteiger partial charge < -0.3 is 4.90 Å². The van der Waals surface area contributed by atoms with E-state index in [2.05, 4.69) is 39.7 Å². The molecule has 0 saturated carbocycles. The summed E-state index contributed by atoms with van der Waals surface area (Å²) in [5.41, 5.74) is 0.169. The summed E-state index contributed by atoms with van der Waals surface area (Å²) in [6.45, 7) is 5.34. The van der Waals surface area contributed by atoms with Crippen LogP contribution in [0.2, 0.25) is 0 Å². The summed E-state index contributed by atoms with van der Waals surface area (Å²) in [5.74, 6) is -0.935. The molecular weight excluding hydrogens is 326 g/mol. The summed E-state index contributed by atoms with van der Waals surface area (Å²) in [6.07, 6.45) is 2.02. The number of hydrogen-bond donors (Lipinski definition) is 0. The second-order valence-electron chi connectivity index (χ2n) is 5.47. The quantitative estimate of drug-likeness (QED) is 0.771. The van der Waals surface area contributed by atoms with Gasteiger partial charge in [0, 0.05) is 31.2 Å². The van der Waals surface area contributed by atoms with Gasteiger partial charge in [0.05, 0.1) is 4.47 Å². The molecule has 1 fully saturated rings. The lowest BCUT2D eigenvalue weighted by Crippen LogP contribution is -2.39. The van der Waals surface area contributed by atoms with Crippen molar-refractivity contribution < 1.29 is 8.78 Å². The van der Waals surface area contributed by atoms with Crippen LogP contribution in [0.1, 0.15) is 25.3 Å². The van der Waals surface area contributed by atoms with Gasteiger partial charge in [-0.05, 0) is 54.5 Å². The molecule has 1 unspecified atom stereocenters. The lowest BCUT2D eigenvalue weighted by molar-refractivity contribution is 0.172. The highest BCUT2D eigenvalue weighted by Gasteiger charge is 2.24. The summed E-state index contributed by atoms with van der Waals surface area (Å²) < 4.78 is 28.3. The molecule has 0 bridgehead atoms. The summed E-state index contributed by atoms with van der Waals surface area (Å²) in [4.78, 5) is 4.50. The Hall–Kier alpha value is -0.520. The smallest absolute Gasteiger partial charge is 0.144 e. The standard InChI is InChI=1S/C15H21BrF2N2/c1-3-11-9-19(2)7-4-8-20(11)10-12-14(17)6-5-13(16)15(12)18/h5-6,11H,3-4,7-10H2,1-2H3. The minimum absolute atomic E-state index is 0.169. The first kappa shape index (κ1) is 15.9. The van der Waals surface area contributed by atoms with Gasteiger partial charge >= 0.3 is 0 Å². The molecule has 20 heavy (non-hydrogen) atoms. The maximum atomic E-state index is 14.1. The van der Waals surface area contributed by atoms with E-state index in [9.17, 15) is 8.78 Å². The highest BCUT2D eigenvalue weighted by atomic mass is 79.9. The van der Waals surface area contributed by atoms with Crippen LogP contribution in [0.5, 0.6) is 0 Å². The number of nitrogens with zero attached hydrogens (tertiary/aromatic N) is 2. The fourth-order valence-electron chi connectivity index (χ4n) is 2.81. The largest absolute Gasteiger partial charge is 0.305 e. The van der Waals surface area contributed by atoms with Crippen molar-refractivity contribution in [3.63, 3.8) is 0 Å². The summed E-state index contributed by atoms with van der Waals surface area (Å²) in [6, 6.07) is 3.09. The number of likely N-dealkylation sites (N-methyl/N-ethyl adjacent to an activating group) is 1. The molecule has 2 rings (SSSR count). The third-order valence-corrected chi connectivity index (χ3v) is 4.61. The third-order valence-electron chi connectivity index (χ3n) is 4.00. The zero-order valence-electron chi connectivity index (χ0n) is 12.0. The fourth-order valence-corrected chi connectivity index (χ4v) is 3.18. The predicted molar refractivity (Wildman–Crippen MR) is 80.7 cm³/mol. The summed E-state index contributed by atoms with van der Waals surface area (Å²) in [5, 5.41) is 0. The number of hydrogen-bond acceptors (Lipinski definition) is 2. The summed E-state index contributed by atoms with van der Waals surface area (Å²) >= 11 is 3.13. The molecule has 0 amide bonds. The first-order valence-corrected chi connectivity index (χ1v) is 7.87. The Morgan fingerprint density at radius 1 is 1.30 bits per heavy atom. The van der Waals surface area contributed by atoms with Crippen LogP contribution in [0.15, 0.2) is 16.6 Å². The Morgan fingerprint density at radius 2 is 2.05 bits per heavy atom. The monoisotopic (exact) mass is 346 g/mol. The second kappa shape index (κ2) is 6.96. The molecule has 112 valence electrons. The van der Waals surface area contributed by atoms with Crippen LogP contribution in [0.3, 0.4) is 0 Å². The molecule has 1 aliphatic heterocycles. The van der Waals surface area contributed by atoms with E-state index in [4.69, 9.17) is 0 Å². The molecule has 2 nitrogen and oxygen atoms in total. The van der Waals surface area contributed by atoms with E-state index in [1.54, 1.807) is 0 Å². The van der Waals surface area contributed by atoms with E-state index in [1.807, 2.05) is 0 Å². The second-order valence-corrected chi connectivity index (χ2v) is 6.32. The van der Waals surface area contributed by atoms with Gasteiger partial charge in [0.25, 0.3) is 0 Å². The van der Waals surface area contributed by atoms with Gasteiger partial charge in [-0.3, -0.25) is 4.90 Å². The van der Waals surface area contributed by atoms with Gasteiger partial charge in [-0.15, -0.1) is 0 Å². The Bertz CT molecular complexity index is 467. The van der Waals surface area contributed by atoms with Crippen molar-refractivity contribution in [1.82, 2.24) is 9.80 Å². The molecule has 0 N–H and O–H groups in total. The number of rotatable bonds is 3. The minimum atomic E-state index is -0.475. The Balaban J connectivity index is 2.21. The van der Waals surface area contributed by atoms with Gasteiger partial charge in [0.15, 0.2) is 0 Å². The van der Waals surface area contributed by atoms with Gasteiger partial charge in [0.2, 0.25) is 0 Å². The first-order valence-electron chi connectivity index (χ1n) is 7.08. The number of halogens is 3. The van der Waals surface area contributed by atoms with Crippen molar-refractivity contribution in [1.29, 1.82) is 0 Å². The molecule has 1 aliphatic rings. The maximum absolute atomic E-state index is 14.1. The molecule has 0 spiro atoms. The number of benzene rings is 1. The molecule has 0 radical (unpaired) electrons. The Kier molecular flexibility index (Phi) is 5.52. The van der Waals surface area contributed by atoms with Crippen molar-refractivity contribution in [3.8, 4) is 0 Å². The van der Waals surface area contributed by atoms with Gasteiger partial charge in [-0.25, -0.2) is 8.78 Å². The molecular formula is C15H21BrF2N2. The highest BCUT2D eigenvalue weighted by Crippen LogP contribution is 2.24. The van der Waals surface area contributed by atoms with Crippen LogP contribution in [-0.4, -0.2) is 42.5 Å². The Labute approximate surface area is 127 Å². The minimum Gasteiger partial charge on any atom is -0.305 e. The van der Waals surface area contributed by atoms with E-state index in [-0.39, 0.29) is 5.56 Å². The van der Waals surface area contributed by atoms with E-state index in [0.717, 1.165) is 32.5 Å². The molecule has 1 saturated heterocycles.